The Bertz CT molecular complexity index is 1400. The van der Waals surface area contributed by atoms with Crippen molar-refractivity contribution >= 4 is 22.5 Å². The van der Waals surface area contributed by atoms with Crippen LogP contribution in [0.4, 0.5) is 5.69 Å². The summed E-state index contributed by atoms with van der Waals surface area (Å²) >= 11 is 0. The average Bonchev–Trinajstić information content (AvgIpc) is 3.36. The van der Waals surface area contributed by atoms with Crippen molar-refractivity contribution in [1.82, 2.24) is 15.1 Å². The van der Waals surface area contributed by atoms with Gasteiger partial charge in [0.05, 0.1) is 10.9 Å². The Morgan fingerprint density at radius 2 is 1.79 bits per heavy atom. The highest BCUT2D eigenvalue weighted by Gasteiger charge is 2.65. The monoisotopic (exact) mass is 450 g/mol. The van der Waals surface area contributed by atoms with E-state index < -0.39 is 5.41 Å². The fourth-order valence-corrected chi connectivity index (χ4v) is 5.64. The molecule has 3 aromatic carbocycles. The van der Waals surface area contributed by atoms with Crippen LogP contribution in [0.25, 0.3) is 10.9 Å². The largest absolute Gasteiger partial charge is 0.325 e. The normalized spacial score (nSPS) is 20.8. The zero-order valence-electron chi connectivity index (χ0n) is 20.0. The molecule has 1 saturated carbocycles. The zero-order chi connectivity index (χ0) is 23.4. The number of carbonyl (C=O) groups is 1. The second-order valence-corrected chi connectivity index (χ2v) is 10.3. The van der Waals surface area contributed by atoms with Gasteiger partial charge in [-0.05, 0) is 74.7 Å². The van der Waals surface area contributed by atoms with Crippen molar-refractivity contribution in [1.29, 1.82) is 0 Å². The number of aryl methyl sites for hydroxylation is 3. The number of rotatable bonds is 6. The van der Waals surface area contributed by atoms with Gasteiger partial charge in [-0.15, -0.1) is 0 Å². The van der Waals surface area contributed by atoms with E-state index in [1.807, 2.05) is 6.07 Å². The lowest BCUT2D eigenvalue weighted by Gasteiger charge is -2.10. The van der Waals surface area contributed by atoms with Crippen molar-refractivity contribution in [3.63, 3.8) is 0 Å². The molecule has 1 fully saturated rings. The summed E-state index contributed by atoms with van der Waals surface area (Å²) in [5.41, 5.74) is 8.93. The molecule has 0 unspecified atom stereocenters. The van der Waals surface area contributed by atoms with Crippen molar-refractivity contribution in [2.24, 2.45) is 0 Å². The van der Waals surface area contributed by atoms with Crippen molar-refractivity contribution in [3.05, 3.63) is 94.2 Å². The highest BCUT2D eigenvalue weighted by Crippen LogP contribution is 2.65. The molecule has 1 aliphatic heterocycles. The molecule has 0 bridgehead atoms. The smallest absolute Gasteiger partial charge is 0.235 e. The Morgan fingerprint density at radius 3 is 2.59 bits per heavy atom. The summed E-state index contributed by atoms with van der Waals surface area (Å²) < 4.78 is 0. The van der Waals surface area contributed by atoms with E-state index in [0.717, 1.165) is 42.6 Å². The Morgan fingerprint density at radius 1 is 1.00 bits per heavy atom. The van der Waals surface area contributed by atoms with Crippen LogP contribution in [0.5, 0.6) is 0 Å². The first-order valence-corrected chi connectivity index (χ1v) is 12.1. The number of carbonyl (C=O) groups excluding carboxylic acids is 1. The number of anilines is 1. The summed E-state index contributed by atoms with van der Waals surface area (Å²) in [5.74, 6) is 0.346. The van der Waals surface area contributed by atoms with Crippen LogP contribution in [0.2, 0.25) is 0 Å². The number of hydrogen-bond acceptors (Lipinski definition) is 3. The van der Waals surface area contributed by atoms with Gasteiger partial charge in [-0.25, -0.2) is 0 Å². The van der Waals surface area contributed by atoms with Crippen LogP contribution in [0.1, 0.15) is 45.8 Å². The number of fused-ring (bicyclic) bond motifs is 3. The number of hydrogen-bond donors (Lipinski definition) is 2. The lowest BCUT2D eigenvalue weighted by Crippen LogP contribution is -2.21. The zero-order valence-corrected chi connectivity index (χ0v) is 20.0. The molecular formula is C29H30N4O. The molecule has 2 heterocycles. The third-order valence-corrected chi connectivity index (χ3v) is 7.52. The first-order chi connectivity index (χ1) is 16.4. The van der Waals surface area contributed by atoms with Gasteiger partial charge in [0, 0.05) is 29.2 Å². The molecule has 2 aliphatic rings. The van der Waals surface area contributed by atoms with Gasteiger partial charge in [-0.1, -0.05) is 54.1 Å². The summed E-state index contributed by atoms with van der Waals surface area (Å²) in [6, 6.07) is 21.7. The molecule has 1 spiro atoms. The first kappa shape index (κ1) is 21.1. The SMILES string of the molecule is Cc1ccc2c(c1)[C@]1(C[C@H]1c1ccc3c(CCc4ccc(CN(C)C)cc4)[nH]nc3c1)C(=O)N2. The molecule has 2 N–H and O–H groups in total. The molecule has 2 atom stereocenters. The van der Waals surface area contributed by atoms with Crippen LogP contribution in [0, 0.1) is 6.92 Å². The van der Waals surface area contributed by atoms with Crippen LogP contribution < -0.4 is 5.32 Å². The third kappa shape index (κ3) is 3.43. The van der Waals surface area contributed by atoms with E-state index in [9.17, 15) is 4.79 Å². The fraction of sp³-hybridized carbons (Fsp3) is 0.310. The molecule has 5 heteroatoms. The van der Waals surface area contributed by atoms with Gasteiger partial charge in [-0.3, -0.25) is 9.89 Å². The Labute approximate surface area is 200 Å². The molecular weight excluding hydrogens is 420 g/mol. The minimum atomic E-state index is -0.410. The summed E-state index contributed by atoms with van der Waals surface area (Å²) in [7, 11) is 4.18. The van der Waals surface area contributed by atoms with Crippen LogP contribution in [-0.2, 0) is 29.6 Å². The summed E-state index contributed by atoms with van der Waals surface area (Å²) in [5, 5.41) is 12.2. The highest BCUT2D eigenvalue weighted by atomic mass is 16.2. The van der Waals surface area contributed by atoms with Gasteiger partial charge in [0.15, 0.2) is 0 Å². The number of nitrogens with zero attached hydrogens (tertiary/aromatic N) is 2. The second-order valence-electron chi connectivity index (χ2n) is 10.3. The van der Waals surface area contributed by atoms with Crippen LogP contribution in [0.15, 0.2) is 60.7 Å². The predicted octanol–water partition coefficient (Wildman–Crippen LogP) is 5.10. The van der Waals surface area contributed by atoms with Crippen LogP contribution >= 0.6 is 0 Å². The standard InChI is InChI=1S/C29H30N4O/c1-18-4-12-26-23(14-18)29(28(34)30-26)16-24(29)21-10-11-22-25(31-32-27(22)15-21)13-9-19-5-7-20(8-6-19)17-33(2)3/h4-8,10-12,14-15,24H,9,13,16-17H2,1-3H3,(H,30,34)(H,31,32)/t24-,29-/m0/s1. The molecule has 0 radical (unpaired) electrons. The van der Waals surface area contributed by atoms with Crippen molar-refractivity contribution in [2.75, 3.05) is 19.4 Å². The van der Waals surface area contributed by atoms with E-state index in [1.54, 1.807) is 0 Å². The first-order valence-electron chi connectivity index (χ1n) is 12.1. The van der Waals surface area contributed by atoms with Crippen LogP contribution in [0.3, 0.4) is 0 Å². The van der Waals surface area contributed by atoms with E-state index in [4.69, 9.17) is 0 Å². The topological polar surface area (TPSA) is 61.0 Å². The molecule has 1 aliphatic carbocycles. The van der Waals surface area contributed by atoms with Crippen molar-refractivity contribution < 1.29 is 4.79 Å². The molecule has 6 rings (SSSR count). The van der Waals surface area contributed by atoms with E-state index >= 15 is 0 Å². The molecule has 1 aromatic heterocycles. The van der Waals surface area contributed by atoms with Gasteiger partial charge in [0.1, 0.15) is 0 Å². The predicted molar refractivity (Wildman–Crippen MR) is 136 cm³/mol. The van der Waals surface area contributed by atoms with E-state index in [0.29, 0.717) is 0 Å². The number of H-pyrrole nitrogens is 1. The Balaban J connectivity index is 1.20. The lowest BCUT2D eigenvalue weighted by molar-refractivity contribution is -0.118. The van der Waals surface area contributed by atoms with Gasteiger partial charge in [0.25, 0.3) is 0 Å². The fourth-order valence-electron chi connectivity index (χ4n) is 5.64. The minimum Gasteiger partial charge on any atom is -0.325 e. The molecule has 0 saturated heterocycles. The Hall–Kier alpha value is -3.44. The van der Waals surface area contributed by atoms with E-state index in [-0.39, 0.29) is 11.8 Å². The maximum atomic E-state index is 12.9. The van der Waals surface area contributed by atoms with Gasteiger partial charge in [-0.2, -0.15) is 5.10 Å². The minimum absolute atomic E-state index is 0.137. The number of aromatic amines is 1. The number of nitrogens with one attached hydrogen (secondary N) is 2. The molecule has 1 amide bonds. The van der Waals surface area contributed by atoms with E-state index in [2.05, 4.69) is 96.0 Å². The average molecular weight is 451 g/mol. The lowest BCUT2D eigenvalue weighted by atomic mass is 9.91. The highest BCUT2D eigenvalue weighted by molar-refractivity contribution is 6.10. The number of benzene rings is 3. The van der Waals surface area contributed by atoms with Gasteiger partial charge >= 0.3 is 0 Å². The summed E-state index contributed by atoms with van der Waals surface area (Å²) in [4.78, 5) is 15.1. The van der Waals surface area contributed by atoms with Crippen molar-refractivity contribution in [3.8, 4) is 0 Å². The molecule has 5 nitrogen and oxygen atoms in total. The molecule has 4 aromatic rings. The maximum absolute atomic E-state index is 12.9. The quantitative estimate of drug-likeness (QED) is 0.430. The van der Waals surface area contributed by atoms with Crippen LogP contribution in [-0.4, -0.2) is 35.1 Å². The summed E-state index contributed by atoms with van der Waals surface area (Å²) in [6.07, 6.45) is 2.76. The molecule has 34 heavy (non-hydrogen) atoms. The van der Waals surface area contributed by atoms with Gasteiger partial charge in [0.2, 0.25) is 5.91 Å². The number of aromatic nitrogens is 2. The summed E-state index contributed by atoms with van der Waals surface area (Å²) in [6.45, 7) is 3.05. The third-order valence-electron chi connectivity index (χ3n) is 7.52. The van der Waals surface area contributed by atoms with Crippen molar-refractivity contribution in [2.45, 2.75) is 44.1 Å². The maximum Gasteiger partial charge on any atom is 0.235 e. The number of amides is 1. The molecule has 172 valence electrons. The van der Waals surface area contributed by atoms with Gasteiger partial charge < -0.3 is 10.2 Å². The second kappa shape index (κ2) is 7.81. The van der Waals surface area contributed by atoms with E-state index in [1.165, 1.54) is 33.3 Å². The Kier molecular flexibility index (Phi) is 4.85.